The molecule has 8 nitrogen and oxygen atoms in total. The van der Waals surface area contributed by atoms with Gasteiger partial charge in [0.25, 0.3) is 11.6 Å². The Balaban J connectivity index is 1.69. The standard InChI is InChI=1S/C20H19Cl2N5O3S/c1-3-26-18(12(2)23-19(28)16-9-6-14(21)10-17(16)22)24-25-20(26)31-11-13-4-7-15(8-5-13)27(29)30/h4-10,12H,3,11H2,1-2H3,(H,23,28). The van der Waals surface area contributed by atoms with E-state index in [2.05, 4.69) is 15.5 Å². The fraction of sp³-hybridized carbons (Fsp3) is 0.250. The average Bonchev–Trinajstić information content (AvgIpc) is 3.15. The summed E-state index contributed by atoms with van der Waals surface area (Å²) in [7, 11) is 0. The fourth-order valence-electron chi connectivity index (χ4n) is 2.90. The van der Waals surface area contributed by atoms with Gasteiger partial charge in [-0.15, -0.1) is 10.2 Å². The predicted molar refractivity (Wildman–Crippen MR) is 121 cm³/mol. The molecule has 0 fully saturated rings. The number of aromatic nitrogens is 3. The Morgan fingerprint density at radius 2 is 1.94 bits per heavy atom. The van der Waals surface area contributed by atoms with Crippen LogP contribution in [-0.4, -0.2) is 25.6 Å². The quantitative estimate of drug-likeness (QED) is 0.267. The minimum Gasteiger partial charge on any atom is -0.342 e. The maximum Gasteiger partial charge on any atom is 0.269 e. The van der Waals surface area contributed by atoms with Gasteiger partial charge in [0.05, 0.1) is 21.6 Å². The number of rotatable bonds is 8. The third-order valence-electron chi connectivity index (χ3n) is 4.49. The molecular formula is C20H19Cl2N5O3S. The van der Waals surface area contributed by atoms with E-state index in [1.54, 1.807) is 24.3 Å². The van der Waals surface area contributed by atoms with E-state index >= 15 is 0 Å². The summed E-state index contributed by atoms with van der Waals surface area (Å²) in [5.41, 5.74) is 1.31. The number of nitrogens with zero attached hydrogens (tertiary/aromatic N) is 4. The van der Waals surface area contributed by atoms with Crippen molar-refractivity contribution in [2.45, 2.75) is 37.3 Å². The molecule has 1 N–H and O–H groups in total. The predicted octanol–water partition coefficient (Wildman–Crippen LogP) is 5.30. The lowest BCUT2D eigenvalue weighted by Gasteiger charge is -2.15. The topological polar surface area (TPSA) is 103 Å². The van der Waals surface area contributed by atoms with Crippen molar-refractivity contribution in [3.63, 3.8) is 0 Å². The first kappa shape index (κ1) is 23.1. The van der Waals surface area contributed by atoms with E-state index in [0.717, 1.165) is 5.56 Å². The number of carbonyl (C=O) groups excluding carboxylic acids is 1. The van der Waals surface area contributed by atoms with Crippen molar-refractivity contribution in [2.75, 3.05) is 0 Å². The zero-order chi connectivity index (χ0) is 22.5. The summed E-state index contributed by atoms with van der Waals surface area (Å²) in [6.07, 6.45) is 0. The maximum atomic E-state index is 12.6. The number of nitrogens with one attached hydrogen (secondary N) is 1. The SMILES string of the molecule is CCn1c(SCc2ccc([N+](=O)[O-])cc2)nnc1C(C)NC(=O)c1ccc(Cl)cc1Cl. The Kier molecular flexibility index (Phi) is 7.53. The first-order chi connectivity index (χ1) is 14.8. The Labute approximate surface area is 193 Å². The molecule has 31 heavy (non-hydrogen) atoms. The summed E-state index contributed by atoms with van der Waals surface area (Å²) in [6.45, 7) is 4.41. The van der Waals surface area contributed by atoms with Gasteiger partial charge in [-0.1, -0.05) is 47.1 Å². The van der Waals surface area contributed by atoms with Gasteiger partial charge >= 0.3 is 0 Å². The normalized spacial score (nSPS) is 11.9. The molecule has 0 aliphatic heterocycles. The number of amides is 1. The zero-order valence-electron chi connectivity index (χ0n) is 16.7. The maximum absolute atomic E-state index is 12.6. The van der Waals surface area contributed by atoms with Gasteiger partial charge in [-0.05, 0) is 37.6 Å². The Hall–Kier alpha value is -2.62. The third kappa shape index (κ3) is 5.55. The number of thioether (sulfide) groups is 1. The Morgan fingerprint density at radius 3 is 2.55 bits per heavy atom. The van der Waals surface area contributed by atoms with Crippen molar-refractivity contribution in [3.05, 3.63) is 79.6 Å². The van der Waals surface area contributed by atoms with Crippen molar-refractivity contribution in [2.24, 2.45) is 0 Å². The smallest absolute Gasteiger partial charge is 0.269 e. The van der Waals surface area contributed by atoms with Gasteiger partial charge in [0.15, 0.2) is 11.0 Å². The van der Waals surface area contributed by atoms with Crippen molar-refractivity contribution in [3.8, 4) is 0 Å². The van der Waals surface area contributed by atoms with Gasteiger partial charge in [-0.3, -0.25) is 14.9 Å². The summed E-state index contributed by atoms with van der Waals surface area (Å²) in [6, 6.07) is 10.7. The minimum absolute atomic E-state index is 0.0538. The van der Waals surface area contributed by atoms with Crippen LogP contribution in [0.2, 0.25) is 10.0 Å². The molecule has 0 bridgehead atoms. The summed E-state index contributed by atoms with van der Waals surface area (Å²) in [4.78, 5) is 23.0. The highest BCUT2D eigenvalue weighted by atomic mass is 35.5. The number of hydrogen-bond acceptors (Lipinski definition) is 6. The Morgan fingerprint density at radius 1 is 1.23 bits per heavy atom. The molecule has 1 amide bonds. The van der Waals surface area contributed by atoms with E-state index in [4.69, 9.17) is 23.2 Å². The number of hydrogen-bond donors (Lipinski definition) is 1. The molecule has 3 aromatic rings. The number of nitro benzene ring substituents is 1. The van der Waals surface area contributed by atoms with Crippen LogP contribution >= 0.6 is 35.0 Å². The van der Waals surface area contributed by atoms with Crippen LogP contribution in [-0.2, 0) is 12.3 Å². The molecule has 0 spiro atoms. The van der Waals surface area contributed by atoms with Crippen LogP contribution in [0.5, 0.6) is 0 Å². The van der Waals surface area contributed by atoms with E-state index in [-0.39, 0.29) is 16.6 Å². The van der Waals surface area contributed by atoms with Gasteiger partial charge in [0, 0.05) is 29.5 Å². The second-order valence-corrected chi connectivity index (χ2v) is 8.40. The lowest BCUT2D eigenvalue weighted by atomic mass is 10.2. The second kappa shape index (κ2) is 10.1. The third-order valence-corrected chi connectivity index (χ3v) is 6.07. The van der Waals surface area contributed by atoms with Gasteiger partial charge in [0.1, 0.15) is 0 Å². The highest BCUT2D eigenvalue weighted by molar-refractivity contribution is 7.98. The molecule has 1 unspecified atom stereocenters. The van der Waals surface area contributed by atoms with E-state index in [1.807, 2.05) is 18.4 Å². The molecule has 0 radical (unpaired) electrons. The van der Waals surface area contributed by atoms with Crippen molar-refractivity contribution < 1.29 is 9.72 Å². The van der Waals surface area contributed by atoms with Gasteiger partial charge < -0.3 is 9.88 Å². The Bertz CT molecular complexity index is 1100. The minimum atomic E-state index is -0.427. The van der Waals surface area contributed by atoms with Crippen LogP contribution < -0.4 is 5.32 Å². The number of non-ortho nitro benzene ring substituents is 1. The largest absolute Gasteiger partial charge is 0.342 e. The average molecular weight is 480 g/mol. The molecule has 162 valence electrons. The molecule has 1 atom stereocenters. The van der Waals surface area contributed by atoms with Gasteiger partial charge in [-0.2, -0.15) is 0 Å². The molecule has 1 aromatic heterocycles. The van der Waals surface area contributed by atoms with Crippen LogP contribution in [0.4, 0.5) is 5.69 Å². The lowest BCUT2D eigenvalue weighted by Crippen LogP contribution is -2.29. The van der Waals surface area contributed by atoms with Crippen molar-refractivity contribution in [1.29, 1.82) is 0 Å². The van der Waals surface area contributed by atoms with Crippen LogP contribution in [0.3, 0.4) is 0 Å². The summed E-state index contributed by atoms with van der Waals surface area (Å²) in [5, 5.41) is 23.6. The van der Waals surface area contributed by atoms with Crippen molar-refractivity contribution in [1.82, 2.24) is 20.1 Å². The van der Waals surface area contributed by atoms with Gasteiger partial charge in [0.2, 0.25) is 0 Å². The molecule has 1 heterocycles. The molecular weight excluding hydrogens is 461 g/mol. The van der Waals surface area contributed by atoms with E-state index in [1.165, 1.54) is 30.0 Å². The fourth-order valence-corrected chi connectivity index (χ4v) is 4.36. The van der Waals surface area contributed by atoms with E-state index in [0.29, 0.717) is 33.9 Å². The van der Waals surface area contributed by atoms with E-state index < -0.39 is 11.0 Å². The lowest BCUT2D eigenvalue weighted by molar-refractivity contribution is -0.384. The first-order valence-corrected chi connectivity index (χ1v) is 11.1. The monoisotopic (exact) mass is 479 g/mol. The molecule has 0 saturated carbocycles. The summed E-state index contributed by atoms with van der Waals surface area (Å²) in [5.74, 6) is 0.865. The molecule has 0 aliphatic carbocycles. The van der Waals surface area contributed by atoms with Gasteiger partial charge in [-0.25, -0.2) is 0 Å². The van der Waals surface area contributed by atoms with Crippen LogP contribution in [0.25, 0.3) is 0 Å². The molecule has 11 heteroatoms. The number of benzene rings is 2. The number of carbonyl (C=O) groups is 1. The first-order valence-electron chi connectivity index (χ1n) is 9.35. The molecule has 2 aromatic carbocycles. The molecule has 0 saturated heterocycles. The van der Waals surface area contributed by atoms with E-state index in [9.17, 15) is 14.9 Å². The zero-order valence-corrected chi connectivity index (χ0v) is 19.0. The van der Waals surface area contributed by atoms with Crippen molar-refractivity contribution >= 4 is 46.6 Å². The van der Waals surface area contributed by atoms with Crippen LogP contribution in [0.15, 0.2) is 47.6 Å². The van der Waals surface area contributed by atoms with Crippen LogP contribution in [0, 0.1) is 10.1 Å². The second-order valence-electron chi connectivity index (χ2n) is 6.62. The van der Waals surface area contributed by atoms with Crippen LogP contribution in [0.1, 0.15) is 41.6 Å². The molecule has 3 rings (SSSR count). The highest BCUT2D eigenvalue weighted by Gasteiger charge is 2.21. The summed E-state index contributed by atoms with van der Waals surface area (Å²) < 4.78 is 1.92. The molecule has 0 aliphatic rings. The summed E-state index contributed by atoms with van der Waals surface area (Å²) >= 11 is 13.5. The number of halogens is 2. The highest BCUT2D eigenvalue weighted by Crippen LogP contribution is 2.26. The number of nitro groups is 1.